The number of amides is 2. The molecule has 2 aromatic rings. The van der Waals surface area contributed by atoms with E-state index in [9.17, 15) is 9.59 Å². The number of piperidine rings is 1. The van der Waals surface area contributed by atoms with Crippen molar-refractivity contribution in [1.82, 2.24) is 25.1 Å². The molecule has 0 aromatic carbocycles. The molecule has 2 amide bonds. The van der Waals surface area contributed by atoms with Crippen molar-refractivity contribution in [3.05, 3.63) is 54.0 Å². The fourth-order valence-corrected chi connectivity index (χ4v) is 4.83. The summed E-state index contributed by atoms with van der Waals surface area (Å²) in [4.78, 5) is 39.5. The van der Waals surface area contributed by atoms with E-state index < -0.39 is 6.04 Å². The fourth-order valence-electron chi connectivity index (χ4n) is 4.83. The normalized spacial score (nSPS) is 22.8. The summed E-state index contributed by atoms with van der Waals surface area (Å²) in [7, 11) is 0. The summed E-state index contributed by atoms with van der Waals surface area (Å²) in [5, 5.41) is 2.95. The Hall–Kier alpha value is -3.04. The lowest BCUT2D eigenvalue weighted by Crippen LogP contribution is -2.51. The zero-order chi connectivity index (χ0) is 25.2. The summed E-state index contributed by atoms with van der Waals surface area (Å²) in [5.74, 6) is 0.402. The minimum atomic E-state index is -0.560. The Balaban J connectivity index is 1.50. The molecule has 0 unspecified atom stereocenters. The summed E-state index contributed by atoms with van der Waals surface area (Å²) >= 11 is 0. The summed E-state index contributed by atoms with van der Waals surface area (Å²) in [6.07, 6.45) is 6.69. The molecule has 9 heteroatoms. The van der Waals surface area contributed by atoms with E-state index >= 15 is 0 Å². The van der Waals surface area contributed by atoms with E-state index in [1.165, 1.54) is 0 Å². The van der Waals surface area contributed by atoms with Crippen LogP contribution in [0.1, 0.15) is 48.7 Å². The van der Waals surface area contributed by atoms with E-state index in [4.69, 9.17) is 9.47 Å². The Morgan fingerprint density at radius 1 is 1.00 bits per heavy atom. The molecule has 0 spiro atoms. The lowest BCUT2D eigenvalue weighted by Gasteiger charge is -2.36. The molecule has 1 atom stereocenters. The average molecular weight is 496 g/mol. The summed E-state index contributed by atoms with van der Waals surface area (Å²) < 4.78 is 11.6. The number of nitrogens with one attached hydrogen (secondary N) is 1. The second-order valence-corrected chi connectivity index (χ2v) is 9.46. The first-order valence-corrected chi connectivity index (χ1v) is 13.0. The average Bonchev–Trinajstić information content (AvgIpc) is 2.90. The Kier molecular flexibility index (Phi) is 9.63. The summed E-state index contributed by atoms with van der Waals surface area (Å²) in [6.45, 7) is 7.16. The van der Waals surface area contributed by atoms with Crippen LogP contribution >= 0.6 is 0 Å². The van der Waals surface area contributed by atoms with Crippen molar-refractivity contribution in [2.24, 2.45) is 5.92 Å². The van der Waals surface area contributed by atoms with Gasteiger partial charge in [-0.3, -0.25) is 19.5 Å². The van der Waals surface area contributed by atoms with Gasteiger partial charge >= 0.3 is 0 Å². The van der Waals surface area contributed by atoms with Crippen molar-refractivity contribution in [3.63, 3.8) is 0 Å². The van der Waals surface area contributed by atoms with Crippen molar-refractivity contribution in [3.8, 4) is 5.88 Å². The second kappa shape index (κ2) is 13.3. The Labute approximate surface area is 213 Å². The van der Waals surface area contributed by atoms with E-state index in [1.54, 1.807) is 18.3 Å². The quantitative estimate of drug-likeness (QED) is 0.651. The third kappa shape index (κ3) is 7.24. The third-order valence-corrected chi connectivity index (χ3v) is 6.77. The van der Waals surface area contributed by atoms with Gasteiger partial charge in [0.15, 0.2) is 0 Å². The summed E-state index contributed by atoms with van der Waals surface area (Å²) in [6, 6.07) is 8.80. The van der Waals surface area contributed by atoms with E-state index in [0.717, 1.165) is 44.6 Å². The predicted octanol–water partition coefficient (Wildman–Crippen LogP) is 2.52. The first kappa shape index (κ1) is 26.0. The lowest BCUT2D eigenvalue weighted by atomic mass is 9.95. The van der Waals surface area contributed by atoms with Gasteiger partial charge in [0.05, 0.1) is 18.9 Å². The van der Waals surface area contributed by atoms with Crippen LogP contribution in [-0.4, -0.2) is 83.6 Å². The lowest BCUT2D eigenvalue weighted by molar-refractivity contribution is -0.135. The molecule has 5 heterocycles. The largest absolute Gasteiger partial charge is 0.475 e. The first-order chi connectivity index (χ1) is 17.6. The van der Waals surface area contributed by atoms with Gasteiger partial charge in [0.25, 0.3) is 5.91 Å². The third-order valence-electron chi connectivity index (χ3n) is 6.77. The van der Waals surface area contributed by atoms with E-state index in [0.29, 0.717) is 44.2 Å². The summed E-state index contributed by atoms with van der Waals surface area (Å²) in [5.41, 5.74) is 1.36. The smallest absolute Gasteiger partial charge is 0.257 e. The Bertz CT molecular complexity index is 981. The number of aromatic nitrogens is 2. The number of carbonyl (C=O) groups is 2. The van der Waals surface area contributed by atoms with Crippen LogP contribution < -0.4 is 10.1 Å². The minimum absolute atomic E-state index is 0.00475. The maximum absolute atomic E-state index is 13.4. The second-order valence-electron chi connectivity index (χ2n) is 9.46. The van der Waals surface area contributed by atoms with Crippen LogP contribution in [0.3, 0.4) is 0 Å². The highest BCUT2D eigenvalue weighted by Crippen LogP contribution is 2.21. The first-order valence-electron chi connectivity index (χ1n) is 13.0. The molecule has 36 heavy (non-hydrogen) atoms. The van der Waals surface area contributed by atoms with Crippen LogP contribution in [0.4, 0.5) is 0 Å². The highest BCUT2D eigenvalue weighted by atomic mass is 16.5. The Morgan fingerprint density at radius 2 is 1.83 bits per heavy atom. The van der Waals surface area contributed by atoms with Gasteiger partial charge in [-0.25, -0.2) is 4.98 Å². The van der Waals surface area contributed by atoms with E-state index in [2.05, 4.69) is 20.2 Å². The van der Waals surface area contributed by atoms with Crippen LogP contribution in [-0.2, 0) is 16.1 Å². The molecule has 1 fully saturated rings. The number of hydrogen-bond donors (Lipinski definition) is 1. The molecule has 2 aromatic heterocycles. The molecule has 194 valence electrons. The maximum atomic E-state index is 13.4. The topological polar surface area (TPSA) is 96.9 Å². The van der Waals surface area contributed by atoms with E-state index in [-0.39, 0.29) is 24.3 Å². The number of hydrogen-bond acceptors (Lipinski definition) is 7. The van der Waals surface area contributed by atoms with Gasteiger partial charge in [-0.05, 0) is 49.4 Å². The maximum Gasteiger partial charge on any atom is 0.257 e. The SMILES string of the molecule is CCC[C@H]1NC(=O)c2cccnc2OCCOCCN(Cc2ccccn2)CC2CCN(CC2)C1=O. The molecular formula is C27H37N5O4. The molecule has 3 aliphatic rings. The van der Waals surface area contributed by atoms with Crippen molar-refractivity contribution in [2.75, 3.05) is 46.0 Å². The molecule has 1 saturated heterocycles. The van der Waals surface area contributed by atoms with Gasteiger partial charge in [-0.1, -0.05) is 19.4 Å². The molecule has 0 aliphatic carbocycles. The van der Waals surface area contributed by atoms with Crippen molar-refractivity contribution in [2.45, 2.75) is 45.2 Å². The van der Waals surface area contributed by atoms with Crippen LogP contribution in [0.5, 0.6) is 5.88 Å². The molecule has 9 nitrogen and oxygen atoms in total. The van der Waals surface area contributed by atoms with Crippen LogP contribution in [0.2, 0.25) is 0 Å². The fraction of sp³-hybridized carbons (Fsp3) is 0.556. The van der Waals surface area contributed by atoms with Crippen LogP contribution in [0, 0.1) is 5.92 Å². The number of rotatable bonds is 4. The molecule has 3 aliphatic heterocycles. The standard InChI is InChI=1S/C27H37N5O4/c1-2-6-24-27(34)32-13-9-21(10-14-32)19-31(20-22-7-3-4-11-28-22)15-16-35-17-18-36-26-23(25(33)30-24)8-5-12-29-26/h3-5,7-8,11-12,21,24H,2,6,9-10,13-20H2,1H3,(H,30,33)/t24-/m1/s1. The molecule has 0 radical (unpaired) electrons. The van der Waals surface area contributed by atoms with Gasteiger partial charge in [-0.2, -0.15) is 0 Å². The van der Waals surface area contributed by atoms with Gasteiger partial charge in [-0.15, -0.1) is 0 Å². The van der Waals surface area contributed by atoms with Crippen LogP contribution in [0.25, 0.3) is 0 Å². The van der Waals surface area contributed by atoms with Crippen molar-refractivity contribution >= 4 is 11.8 Å². The highest BCUT2D eigenvalue weighted by molar-refractivity contribution is 5.99. The minimum Gasteiger partial charge on any atom is -0.475 e. The van der Waals surface area contributed by atoms with Gasteiger partial charge in [0, 0.05) is 45.1 Å². The van der Waals surface area contributed by atoms with Gasteiger partial charge in [0.1, 0.15) is 18.2 Å². The molecular weight excluding hydrogens is 458 g/mol. The number of carbonyl (C=O) groups excluding carboxylic acids is 2. The number of ether oxygens (including phenoxy) is 2. The number of nitrogens with zero attached hydrogens (tertiary/aromatic N) is 4. The van der Waals surface area contributed by atoms with Crippen LogP contribution in [0.15, 0.2) is 42.7 Å². The zero-order valence-corrected chi connectivity index (χ0v) is 21.1. The Morgan fingerprint density at radius 3 is 2.61 bits per heavy atom. The van der Waals surface area contributed by atoms with Crippen molar-refractivity contribution < 1.29 is 19.1 Å². The van der Waals surface area contributed by atoms with E-state index in [1.807, 2.05) is 36.2 Å². The monoisotopic (exact) mass is 495 g/mol. The molecule has 2 bridgehead atoms. The number of pyridine rings is 2. The predicted molar refractivity (Wildman–Crippen MR) is 136 cm³/mol. The molecule has 0 saturated carbocycles. The highest BCUT2D eigenvalue weighted by Gasteiger charge is 2.30. The van der Waals surface area contributed by atoms with Gasteiger partial charge < -0.3 is 19.7 Å². The molecule has 5 rings (SSSR count). The van der Waals surface area contributed by atoms with Crippen molar-refractivity contribution in [1.29, 1.82) is 0 Å². The number of fused-ring (bicyclic) bond motifs is 12. The van der Waals surface area contributed by atoms with Gasteiger partial charge in [0.2, 0.25) is 11.8 Å². The zero-order valence-electron chi connectivity index (χ0n) is 21.1. The molecule has 1 N–H and O–H groups in total.